The molecule has 0 saturated carbocycles. The Morgan fingerprint density at radius 3 is 2.56 bits per heavy atom. The summed E-state index contributed by atoms with van der Waals surface area (Å²) < 4.78 is 0. The second kappa shape index (κ2) is 5.62. The van der Waals surface area contributed by atoms with Gasteiger partial charge in [0.25, 0.3) is 5.69 Å². The zero-order chi connectivity index (χ0) is 13.9. The summed E-state index contributed by atoms with van der Waals surface area (Å²) in [5.41, 5.74) is 1.99. The second-order valence-electron chi connectivity index (χ2n) is 4.47. The molecule has 0 aliphatic rings. The highest BCUT2D eigenvalue weighted by molar-refractivity contribution is 5.71. The Morgan fingerprint density at radius 2 is 2.11 bits per heavy atom. The third-order valence-electron chi connectivity index (χ3n) is 3.17. The molecule has 0 aliphatic carbocycles. The number of nitrogens with zero attached hydrogens (tertiary/aromatic N) is 1. The minimum absolute atomic E-state index is 0.0403. The molecule has 18 heavy (non-hydrogen) atoms. The molecule has 1 atom stereocenters. The van der Waals surface area contributed by atoms with Gasteiger partial charge in [0.15, 0.2) is 0 Å². The first kappa shape index (κ1) is 14.2. The van der Waals surface area contributed by atoms with Crippen molar-refractivity contribution in [1.82, 2.24) is 0 Å². The van der Waals surface area contributed by atoms with Crippen LogP contribution in [0.4, 0.5) is 5.69 Å². The van der Waals surface area contributed by atoms with Crippen molar-refractivity contribution in [3.05, 3.63) is 38.9 Å². The summed E-state index contributed by atoms with van der Waals surface area (Å²) >= 11 is 0. The molecule has 5 nitrogen and oxygen atoms in total. The third-order valence-corrected chi connectivity index (χ3v) is 3.17. The molecule has 1 unspecified atom stereocenters. The molecule has 0 radical (unpaired) electrons. The van der Waals surface area contributed by atoms with Crippen molar-refractivity contribution >= 4 is 11.7 Å². The lowest BCUT2D eigenvalue weighted by molar-refractivity contribution is -0.385. The van der Waals surface area contributed by atoms with E-state index < -0.39 is 10.9 Å². The number of nitro groups is 1. The molecule has 0 aliphatic heterocycles. The molecule has 1 N–H and O–H groups in total. The van der Waals surface area contributed by atoms with Gasteiger partial charge in [-0.1, -0.05) is 13.8 Å². The average Bonchev–Trinajstić information content (AvgIpc) is 2.29. The molecule has 1 aromatic rings. The first-order valence-corrected chi connectivity index (χ1v) is 5.86. The molecule has 1 rings (SSSR count). The normalized spacial score (nSPS) is 12.2. The van der Waals surface area contributed by atoms with E-state index in [-0.39, 0.29) is 18.0 Å². The number of benzene rings is 1. The summed E-state index contributed by atoms with van der Waals surface area (Å²) in [4.78, 5) is 21.4. The lowest BCUT2D eigenvalue weighted by Gasteiger charge is -2.13. The number of hydrogen-bond acceptors (Lipinski definition) is 3. The number of hydrogen-bond donors (Lipinski definition) is 1. The van der Waals surface area contributed by atoms with E-state index in [1.54, 1.807) is 13.0 Å². The molecule has 0 fully saturated rings. The van der Waals surface area contributed by atoms with Crippen LogP contribution in [-0.2, 0) is 11.2 Å². The smallest absolute Gasteiger partial charge is 0.307 e. The second-order valence-corrected chi connectivity index (χ2v) is 4.47. The molecular weight excluding hydrogens is 234 g/mol. The van der Waals surface area contributed by atoms with Crippen molar-refractivity contribution < 1.29 is 14.8 Å². The number of rotatable bonds is 5. The fraction of sp³-hybridized carbons (Fsp3) is 0.462. The molecule has 0 spiro atoms. The SMILES string of the molecule is CCC(C)c1cc(CC(=O)O)c(C)cc1[N+](=O)[O-]. The number of carboxylic acid groups (broad SMARTS) is 1. The van der Waals surface area contributed by atoms with Crippen LogP contribution < -0.4 is 0 Å². The van der Waals surface area contributed by atoms with Gasteiger partial charge >= 0.3 is 5.97 Å². The highest BCUT2D eigenvalue weighted by atomic mass is 16.6. The van der Waals surface area contributed by atoms with Gasteiger partial charge in [0.1, 0.15) is 0 Å². The van der Waals surface area contributed by atoms with Gasteiger partial charge in [0.2, 0.25) is 0 Å². The van der Waals surface area contributed by atoms with Crippen LogP contribution in [0.1, 0.15) is 42.9 Å². The number of aryl methyl sites for hydroxylation is 1. The zero-order valence-corrected chi connectivity index (χ0v) is 10.8. The van der Waals surface area contributed by atoms with Crippen LogP contribution in [0.5, 0.6) is 0 Å². The molecule has 0 bridgehead atoms. The summed E-state index contributed by atoms with van der Waals surface area (Å²) in [7, 11) is 0. The molecule has 0 saturated heterocycles. The summed E-state index contributed by atoms with van der Waals surface area (Å²) in [6.45, 7) is 5.55. The molecule has 0 heterocycles. The van der Waals surface area contributed by atoms with Crippen LogP contribution in [0.3, 0.4) is 0 Å². The minimum atomic E-state index is -0.929. The first-order chi connectivity index (χ1) is 8.36. The van der Waals surface area contributed by atoms with E-state index in [1.807, 2.05) is 13.8 Å². The first-order valence-electron chi connectivity index (χ1n) is 5.86. The van der Waals surface area contributed by atoms with E-state index in [2.05, 4.69) is 0 Å². The minimum Gasteiger partial charge on any atom is -0.481 e. The number of aliphatic carboxylic acids is 1. The van der Waals surface area contributed by atoms with Crippen LogP contribution in [0, 0.1) is 17.0 Å². The molecule has 0 amide bonds. The standard InChI is InChI=1S/C13H17NO4/c1-4-8(2)11-6-10(7-13(15)16)9(3)5-12(11)14(17)18/h5-6,8H,4,7H2,1-3H3,(H,15,16). The lowest BCUT2D eigenvalue weighted by Crippen LogP contribution is -2.06. The summed E-state index contributed by atoms with van der Waals surface area (Å²) in [6.07, 6.45) is 0.670. The van der Waals surface area contributed by atoms with Crippen LogP contribution in [0.25, 0.3) is 0 Å². The van der Waals surface area contributed by atoms with Gasteiger partial charge < -0.3 is 5.11 Å². The predicted octanol–water partition coefficient (Wildman–Crippen LogP) is 3.04. The Hall–Kier alpha value is -1.91. The Labute approximate surface area is 106 Å². The van der Waals surface area contributed by atoms with Gasteiger partial charge in [-0.15, -0.1) is 0 Å². The molecule has 0 aromatic heterocycles. The Morgan fingerprint density at radius 1 is 1.50 bits per heavy atom. The van der Waals surface area contributed by atoms with E-state index in [4.69, 9.17) is 5.11 Å². The average molecular weight is 251 g/mol. The largest absolute Gasteiger partial charge is 0.481 e. The quantitative estimate of drug-likeness (QED) is 0.644. The Kier molecular flexibility index (Phi) is 4.42. The van der Waals surface area contributed by atoms with Gasteiger partial charge in [-0.05, 0) is 36.5 Å². The van der Waals surface area contributed by atoms with E-state index in [1.165, 1.54) is 6.07 Å². The van der Waals surface area contributed by atoms with E-state index >= 15 is 0 Å². The van der Waals surface area contributed by atoms with Crippen LogP contribution >= 0.6 is 0 Å². The number of nitro benzene ring substituents is 1. The number of carbonyl (C=O) groups is 1. The van der Waals surface area contributed by atoms with Crippen molar-refractivity contribution in [2.75, 3.05) is 0 Å². The van der Waals surface area contributed by atoms with Crippen LogP contribution in [0.15, 0.2) is 12.1 Å². The number of carboxylic acids is 1. The highest BCUT2D eigenvalue weighted by Gasteiger charge is 2.20. The Bertz CT molecular complexity index is 482. The van der Waals surface area contributed by atoms with Crippen molar-refractivity contribution in [2.45, 2.75) is 39.5 Å². The van der Waals surface area contributed by atoms with Gasteiger partial charge in [0.05, 0.1) is 11.3 Å². The maximum atomic E-state index is 11.0. The maximum Gasteiger partial charge on any atom is 0.307 e. The monoisotopic (exact) mass is 251 g/mol. The van der Waals surface area contributed by atoms with Crippen LogP contribution in [-0.4, -0.2) is 16.0 Å². The Balaban J connectivity index is 3.35. The molecule has 5 heteroatoms. The fourth-order valence-corrected chi connectivity index (χ4v) is 1.88. The van der Waals surface area contributed by atoms with Gasteiger partial charge in [-0.25, -0.2) is 0 Å². The van der Waals surface area contributed by atoms with E-state index in [0.717, 1.165) is 6.42 Å². The van der Waals surface area contributed by atoms with Crippen molar-refractivity contribution in [2.24, 2.45) is 0 Å². The predicted molar refractivity (Wildman–Crippen MR) is 67.9 cm³/mol. The summed E-state index contributed by atoms with van der Waals surface area (Å²) in [5, 5.41) is 19.8. The van der Waals surface area contributed by atoms with Crippen molar-refractivity contribution in [3.8, 4) is 0 Å². The topological polar surface area (TPSA) is 80.4 Å². The fourth-order valence-electron chi connectivity index (χ4n) is 1.88. The maximum absolute atomic E-state index is 11.0. The van der Waals surface area contributed by atoms with Gasteiger partial charge in [0, 0.05) is 11.6 Å². The van der Waals surface area contributed by atoms with E-state index in [0.29, 0.717) is 16.7 Å². The van der Waals surface area contributed by atoms with Gasteiger partial charge in [-0.3, -0.25) is 14.9 Å². The van der Waals surface area contributed by atoms with Crippen LogP contribution in [0.2, 0.25) is 0 Å². The third kappa shape index (κ3) is 3.06. The summed E-state index contributed by atoms with van der Waals surface area (Å²) in [5.74, 6) is -0.888. The van der Waals surface area contributed by atoms with Crippen molar-refractivity contribution in [3.63, 3.8) is 0 Å². The molecule has 98 valence electrons. The molecular formula is C13H17NO4. The van der Waals surface area contributed by atoms with E-state index in [9.17, 15) is 14.9 Å². The highest BCUT2D eigenvalue weighted by Crippen LogP contribution is 2.31. The zero-order valence-electron chi connectivity index (χ0n) is 10.8. The summed E-state index contributed by atoms with van der Waals surface area (Å²) in [6, 6.07) is 3.13. The molecule has 1 aromatic carbocycles. The lowest BCUT2D eigenvalue weighted by atomic mass is 9.92. The van der Waals surface area contributed by atoms with Gasteiger partial charge in [-0.2, -0.15) is 0 Å². The van der Waals surface area contributed by atoms with Crippen molar-refractivity contribution in [1.29, 1.82) is 0 Å².